The molecule has 3 aromatic carbocycles. The zero-order chi connectivity index (χ0) is 18.5. The molecule has 0 aromatic heterocycles. The molecule has 26 heavy (non-hydrogen) atoms. The average molecular weight is 603 g/mol. The van der Waals surface area contributed by atoms with Gasteiger partial charge in [-0.2, -0.15) is 0 Å². The van der Waals surface area contributed by atoms with E-state index in [9.17, 15) is 0 Å². The Morgan fingerprint density at radius 3 is 1.54 bits per heavy atom. The monoisotopic (exact) mass is 599 g/mol. The highest BCUT2D eigenvalue weighted by Gasteiger charge is 2.20. The molecule has 5 heteroatoms. The molecular formula is C21H17Br4N. The summed E-state index contributed by atoms with van der Waals surface area (Å²) in [6.07, 6.45) is 0. The highest BCUT2D eigenvalue weighted by atomic mass is 79.9. The number of alkyl halides is 3. The van der Waals surface area contributed by atoms with Crippen LogP contribution in [0.3, 0.4) is 0 Å². The highest BCUT2D eigenvalue weighted by Crippen LogP contribution is 2.42. The number of hydrogen-bond donors (Lipinski definition) is 0. The Morgan fingerprint density at radius 2 is 1.04 bits per heavy atom. The van der Waals surface area contributed by atoms with Crippen LogP contribution in [0, 0.1) is 0 Å². The molecule has 0 heterocycles. The van der Waals surface area contributed by atoms with Crippen LogP contribution in [0.1, 0.15) is 16.7 Å². The van der Waals surface area contributed by atoms with Gasteiger partial charge in [-0.1, -0.05) is 100 Å². The number of nitrogens with zero attached hydrogens (tertiary/aromatic N) is 1. The summed E-state index contributed by atoms with van der Waals surface area (Å²) in [4.78, 5) is 2.36. The van der Waals surface area contributed by atoms with Crippen LogP contribution in [0.5, 0.6) is 0 Å². The van der Waals surface area contributed by atoms with Gasteiger partial charge in [0.2, 0.25) is 0 Å². The van der Waals surface area contributed by atoms with Crippen molar-refractivity contribution in [3.63, 3.8) is 0 Å². The van der Waals surface area contributed by atoms with Crippen molar-refractivity contribution >= 4 is 80.8 Å². The second kappa shape index (κ2) is 9.54. The largest absolute Gasteiger partial charge is 0.310 e. The fraction of sp³-hybridized carbons (Fsp3) is 0.143. The van der Waals surface area contributed by atoms with Gasteiger partial charge in [0.05, 0.1) is 17.1 Å². The first-order chi connectivity index (χ1) is 12.7. The predicted molar refractivity (Wildman–Crippen MR) is 127 cm³/mol. The number of anilines is 3. The standard InChI is InChI=1S/C21H17Br4N/c22-12-15-5-1-3-7-19(15)26(20-8-4-2-6-16(20)13-23)21-10-9-18(25)11-17(21)14-24/h1-11H,12-14H2. The second-order valence-electron chi connectivity index (χ2n) is 5.77. The van der Waals surface area contributed by atoms with E-state index in [-0.39, 0.29) is 0 Å². The molecule has 3 rings (SSSR count). The van der Waals surface area contributed by atoms with E-state index in [0.717, 1.165) is 20.5 Å². The third-order valence-electron chi connectivity index (χ3n) is 4.18. The minimum Gasteiger partial charge on any atom is -0.310 e. The Kier molecular flexibility index (Phi) is 7.38. The zero-order valence-corrected chi connectivity index (χ0v) is 20.3. The summed E-state index contributed by atoms with van der Waals surface area (Å²) in [5.41, 5.74) is 7.27. The van der Waals surface area contributed by atoms with Crippen LogP contribution in [0.4, 0.5) is 17.1 Å². The van der Waals surface area contributed by atoms with Crippen molar-refractivity contribution in [3.8, 4) is 0 Å². The average Bonchev–Trinajstić information content (AvgIpc) is 2.69. The van der Waals surface area contributed by atoms with Crippen LogP contribution in [0.2, 0.25) is 0 Å². The zero-order valence-electron chi connectivity index (χ0n) is 13.9. The Bertz CT molecular complexity index is 847. The van der Waals surface area contributed by atoms with Crippen molar-refractivity contribution in [2.24, 2.45) is 0 Å². The molecule has 0 radical (unpaired) electrons. The summed E-state index contributed by atoms with van der Waals surface area (Å²) in [6.45, 7) is 0. The number of para-hydroxylation sites is 2. The van der Waals surface area contributed by atoms with Gasteiger partial charge in [0.25, 0.3) is 0 Å². The van der Waals surface area contributed by atoms with E-state index in [2.05, 4.69) is 135 Å². The van der Waals surface area contributed by atoms with Crippen molar-refractivity contribution in [3.05, 3.63) is 87.9 Å². The predicted octanol–water partition coefficient (Wildman–Crippen LogP) is 8.60. The van der Waals surface area contributed by atoms with Crippen molar-refractivity contribution in [1.82, 2.24) is 0 Å². The Balaban J connectivity index is 2.30. The molecule has 3 aromatic rings. The summed E-state index contributed by atoms with van der Waals surface area (Å²) in [7, 11) is 0. The fourth-order valence-corrected chi connectivity index (χ4v) is 4.76. The fourth-order valence-electron chi connectivity index (χ4n) is 2.95. The molecule has 0 atom stereocenters. The van der Waals surface area contributed by atoms with E-state index >= 15 is 0 Å². The van der Waals surface area contributed by atoms with E-state index in [4.69, 9.17) is 0 Å². The van der Waals surface area contributed by atoms with Crippen molar-refractivity contribution < 1.29 is 0 Å². The van der Waals surface area contributed by atoms with Crippen LogP contribution in [-0.2, 0) is 16.0 Å². The molecule has 0 saturated carbocycles. The maximum Gasteiger partial charge on any atom is 0.0503 e. The lowest BCUT2D eigenvalue weighted by atomic mass is 10.1. The number of hydrogen-bond acceptors (Lipinski definition) is 1. The lowest BCUT2D eigenvalue weighted by Gasteiger charge is -2.30. The van der Waals surface area contributed by atoms with E-state index < -0.39 is 0 Å². The molecule has 0 bridgehead atoms. The third-order valence-corrected chi connectivity index (χ3v) is 6.48. The maximum atomic E-state index is 3.66. The number of halogens is 4. The topological polar surface area (TPSA) is 3.24 Å². The van der Waals surface area contributed by atoms with Crippen LogP contribution in [-0.4, -0.2) is 0 Å². The first-order valence-electron chi connectivity index (χ1n) is 8.11. The minimum absolute atomic E-state index is 0.783. The first-order valence-corrected chi connectivity index (χ1v) is 12.3. The first kappa shape index (κ1) is 20.1. The van der Waals surface area contributed by atoms with Gasteiger partial charge in [0.15, 0.2) is 0 Å². The smallest absolute Gasteiger partial charge is 0.0503 e. The molecule has 0 unspecified atom stereocenters. The van der Waals surface area contributed by atoms with E-state index in [1.165, 1.54) is 33.8 Å². The molecule has 0 amide bonds. The van der Waals surface area contributed by atoms with Crippen LogP contribution < -0.4 is 4.90 Å². The lowest BCUT2D eigenvalue weighted by molar-refractivity contribution is 1.19. The van der Waals surface area contributed by atoms with Gasteiger partial charge in [0.1, 0.15) is 0 Å². The van der Waals surface area contributed by atoms with E-state index in [1.54, 1.807) is 0 Å². The summed E-state index contributed by atoms with van der Waals surface area (Å²) >= 11 is 14.6. The summed E-state index contributed by atoms with van der Waals surface area (Å²) in [5.74, 6) is 0. The quantitative estimate of drug-likeness (QED) is 0.255. The van der Waals surface area contributed by atoms with Gasteiger partial charge < -0.3 is 4.90 Å². The number of benzene rings is 3. The van der Waals surface area contributed by atoms with Crippen molar-refractivity contribution in [2.45, 2.75) is 16.0 Å². The summed E-state index contributed by atoms with van der Waals surface area (Å²) in [5, 5.41) is 2.39. The highest BCUT2D eigenvalue weighted by molar-refractivity contribution is 9.10. The van der Waals surface area contributed by atoms with E-state index in [0.29, 0.717) is 0 Å². The summed E-state index contributed by atoms with van der Waals surface area (Å²) < 4.78 is 1.08. The van der Waals surface area contributed by atoms with Gasteiger partial charge in [-0.05, 0) is 47.0 Å². The lowest BCUT2D eigenvalue weighted by Crippen LogP contribution is -2.15. The van der Waals surface area contributed by atoms with Crippen LogP contribution in [0.15, 0.2) is 71.2 Å². The van der Waals surface area contributed by atoms with Gasteiger partial charge in [-0.3, -0.25) is 0 Å². The molecule has 0 aliphatic rings. The van der Waals surface area contributed by atoms with Gasteiger partial charge in [-0.15, -0.1) is 0 Å². The van der Waals surface area contributed by atoms with Crippen molar-refractivity contribution in [2.75, 3.05) is 4.90 Å². The molecule has 0 N–H and O–H groups in total. The molecule has 0 saturated heterocycles. The Hall–Kier alpha value is -0.620. The third kappa shape index (κ3) is 4.27. The molecule has 134 valence electrons. The molecule has 0 aliphatic carbocycles. The van der Waals surface area contributed by atoms with Gasteiger partial charge in [-0.25, -0.2) is 0 Å². The second-order valence-corrected chi connectivity index (χ2v) is 8.36. The maximum absolute atomic E-state index is 3.66. The van der Waals surface area contributed by atoms with Crippen LogP contribution in [0.25, 0.3) is 0 Å². The van der Waals surface area contributed by atoms with Crippen molar-refractivity contribution in [1.29, 1.82) is 0 Å². The van der Waals surface area contributed by atoms with Crippen LogP contribution >= 0.6 is 63.7 Å². The normalized spacial score (nSPS) is 10.8. The minimum atomic E-state index is 0.783. The van der Waals surface area contributed by atoms with Gasteiger partial charge in [0, 0.05) is 20.5 Å². The Morgan fingerprint density at radius 1 is 0.577 bits per heavy atom. The molecule has 1 nitrogen and oxygen atoms in total. The molecule has 0 aliphatic heterocycles. The van der Waals surface area contributed by atoms with Gasteiger partial charge >= 0.3 is 0 Å². The number of rotatable bonds is 6. The Labute approximate surface area is 188 Å². The van der Waals surface area contributed by atoms with E-state index in [1.807, 2.05) is 0 Å². The molecular weight excluding hydrogens is 586 g/mol. The SMILES string of the molecule is BrCc1ccccc1N(c1ccccc1CBr)c1ccc(Br)cc1CBr. The molecule has 0 fully saturated rings. The molecule has 0 spiro atoms. The summed E-state index contributed by atoms with van der Waals surface area (Å²) in [6, 6.07) is 23.5.